The maximum absolute atomic E-state index is 12.0. The number of nitrogens with one attached hydrogen (secondary N) is 2. The van der Waals surface area contributed by atoms with Crippen molar-refractivity contribution >= 4 is 23.4 Å². The van der Waals surface area contributed by atoms with E-state index < -0.39 is 24.1 Å². The molecule has 0 spiro atoms. The molecule has 4 atom stereocenters. The van der Waals surface area contributed by atoms with Gasteiger partial charge in [0.25, 0.3) is 0 Å². The number of benzene rings is 2. The number of carboxylic acids is 2. The van der Waals surface area contributed by atoms with Gasteiger partial charge in [-0.15, -0.1) is 0 Å². The number of hydrogen-bond donors (Lipinski definition) is 4. The van der Waals surface area contributed by atoms with Gasteiger partial charge in [-0.25, -0.2) is 9.59 Å². The standard InChI is InChI=1S/2C17H23N2O5.C2H2O4/c2*1-13(17-12-22-15-4-2-3-5-16(15)24-17)18-23-11-14(20)10-19-6-8-21-9-7-19;3-1(4)2(5)6/h2*2-5,14,17H,6-12H2,1H3;(H,3,4)(H,5,6)/q2*-1;/p+2/b2*18-13+;. The van der Waals surface area contributed by atoms with Crippen LogP contribution in [0.25, 0.3) is 0 Å². The molecule has 4 heterocycles. The summed E-state index contributed by atoms with van der Waals surface area (Å²) in [6, 6.07) is 15.0. The lowest BCUT2D eigenvalue weighted by Crippen LogP contribution is -3.15. The molecule has 54 heavy (non-hydrogen) atoms. The number of aliphatic carboxylic acids is 2. The summed E-state index contributed by atoms with van der Waals surface area (Å²) in [6.45, 7) is 12.0. The molecule has 18 heteroatoms. The minimum Gasteiger partial charge on any atom is -0.845 e. The second-order valence-electron chi connectivity index (χ2n) is 12.8. The lowest BCUT2D eigenvalue weighted by Gasteiger charge is -2.30. The van der Waals surface area contributed by atoms with Crippen molar-refractivity contribution in [2.24, 2.45) is 10.3 Å². The molecule has 2 fully saturated rings. The van der Waals surface area contributed by atoms with Gasteiger partial charge in [0, 0.05) is 0 Å². The van der Waals surface area contributed by atoms with E-state index in [-0.39, 0.29) is 25.4 Å². The van der Waals surface area contributed by atoms with Crippen LogP contribution in [0.5, 0.6) is 23.0 Å². The number of carbonyl (C=O) groups is 2. The third kappa shape index (κ3) is 14.6. The fourth-order valence-corrected chi connectivity index (χ4v) is 5.50. The van der Waals surface area contributed by atoms with Gasteiger partial charge >= 0.3 is 11.9 Å². The van der Waals surface area contributed by atoms with Gasteiger partial charge in [0.05, 0.1) is 50.9 Å². The van der Waals surface area contributed by atoms with Crippen LogP contribution in [0.15, 0.2) is 58.8 Å². The number of carboxylic acid groups (broad SMARTS) is 2. The van der Waals surface area contributed by atoms with E-state index in [1.807, 2.05) is 62.4 Å². The number of fused-ring (bicyclic) bond motifs is 2. The van der Waals surface area contributed by atoms with Crippen LogP contribution < -0.4 is 39.0 Å². The molecule has 4 aliphatic rings. The molecule has 6 rings (SSSR count). The lowest BCUT2D eigenvalue weighted by atomic mass is 10.2. The summed E-state index contributed by atoms with van der Waals surface area (Å²) in [4.78, 5) is 31.2. The number of nitrogens with zero attached hydrogens (tertiary/aromatic N) is 2. The molecular weight excluding hydrogens is 712 g/mol. The molecule has 2 aromatic rings. The number of quaternary nitrogens is 2. The van der Waals surface area contributed by atoms with Crippen LogP contribution in [0.2, 0.25) is 0 Å². The zero-order valence-electron chi connectivity index (χ0n) is 30.5. The van der Waals surface area contributed by atoms with Crippen molar-refractivity contribution in [3.63, 3.8) is 0 Å². The highest BCUT2D eigenvalue weighted by Gasteiger charge is 2.25. The zero-order chi connectivity index (χ0) is 38.7. The smallest absolute Gasteiger partial charge is 0.414 e. The third-order valence-electron chi connectivity index (χ3n) is 8.50. The maximum atomic E-state index is 12.0. The summed E-state index contributed by atoms with van der Waals surface area (Å²) in [6.07, 6.45) is -2.18. The normalized spacial score (nSPS) is 21.2. The van der Waals surface area contributed by atoms with Crippen molar-refractivity contribution in [2.45, 2.75) is 38.3 Å². The van der Waals surface area contributed by atoms with Crippen molar-refractivity contribution in [1.82, 2.24) is 0 Å². The highest BCUT2D eigenvalue weighted by molar-refractivity contribution is 6.27. The minimum atomic E-state index is -1.82. The maximum Gasteiger partial charge on any atom is 0.414 e. The fraction of sp³-hybridized carbons (Fsp3) is 0.556. The Morgan fingerprint density at radius 3 is 1.39 bits per heavy atom. The van der Waals surface area contributed by atoms with E-state index in [1.165, 1.54) is 9.80 Å². The van der Waals surface area contributed by atoms with Crippen molar-refractivity contribution in [3.05, 3.63) is 48.5 Å². The first kappa shape index (κ1) is 42.0. The SMILES string of the molecule is C/C(=N\OCC([O-])C[NH+]1CCOCC1)C1COc2ccccc2O1.C/C(=N\OCC([O-])C[NH+]1CCOCC1)C1COc2ccccc2O1.O=C(O)C(=O)O. The molecule has 0 saturated carbocycles. The molecule has 0 amide bonds. The van der Waals surface area contributed by atoms with Crippen LogP contribution in [-0.2, 0) is 28.7 Å². The van der Waals surface area contributed by atoms with E-state index in [4.69, 9.17) is 57.9 Å². The number of ether oxygens (including phenoxy) is 6. The van der Waals surface area contributed by atoms with E-state index >= 15 is 0 Å². The van der Waals surface area contributed by atoms with Crippen LogP contribution in [0, 0.1) is 0 Å². The molecule has 4 N–H and O–H groups in total. The van der Waals surface area contributed by atoms with E-state index in [0.29, 0.717) is 49.2 Å². The minimum absolute atomic E-state index is 0.0614. The fourth-order valence-electron chi connectivity index (χ4n) is 5.50. The Kier molecular flexibility index (Phi) is 17.5. The third-order valence-corrected chi connectivity index (χ3v) is 8.50. The van der Waals surface area contributed by atoms with Crippen LogP contribution in [0.1, 0.15) is 13.8 Å². The number of hydrogen-bond acceptors (Lipinski definition) is 14. The van der Waals surface area contributed by atoms with Gasteiger partial charge in [-0.2, -0.15) is 0 Å². The predicted octanol–water partition coefficient (Wildman–Crippen LogP) is -3.12. The van der Waals surface area contributed by atoms with E-state index in [0.717, 1.165) is 64.1 Å². The molecule has 2 saturated heterocycles. The lowest BCUT2D eigenvalue weighted by molar-refractivity contribution is -0.917. The summed E-state index contributed by atoms with van der Waals surface area (Å²) in [5.41, 5.74) is 1.32. The first-order valence-electron chi connectivity index (χ1n) is 17.8. The molecule has 4 aliphatic heterocycles. The second kappa shape index (κ2) is 22.5. The van der Waals surface area contributed by atoms with Gasteiger partial charge < -0.3 is 68.3 Å². The van der Waals surface area contributed by atoms with Gasteiger partial charge in [-0.1, -0.05) is 34.6 Å². The number of rotatable bonds is 12. The van der Waals surface area contributed by atoms with Crippen LogP contribution >= 0.6 is 0 Å². The topological polar surface area (TPSA) is 228 Å². The molecule has 18 nitrogen and oxygen atoms in total. The Balaban J connectivity index is 0.000000209. The Labute approximate surface area is 313 Å². The average molecular weight is 763 g/mol. The Morgan fingerprint density at radius 2 is 1.04 bits per heavy atom. The summed E-state index contributed by atoms with van der Waals surface area (Å²) in [7, 11) is 0. The molecule has 0 aliphatic carbocycles. The van der Waals surface area contributed by atoms with Gasteiger partial charge in [0.15, 0.2) is 35.2 Å². The Bertz CT molecular complexity index is 1400. The zero-order valence-corrected chi connectivity index (χ0v) is 30.5. The highest BCUT2D eigenvalue weighted by atomic mass is 16.6. The molecule has 298 valence electrons. The summed E-state index contributed by atoms with van der Waals surface area (Å²) in [5, 5.41) is 46.9. The number of oxime groups is 2. The Morgan fingerprint density at radius 1 is 0.685 bits per heavy atom. The van der Waals surface area contributed by atoms with Crippen LogP contribution in [0.4, 0.5) is 0 Å². The predicted molar refractivity (Wildman–Crippen MR) is 186 cm³/mol. The van der Waals surface area contributed by atoms with Gasteiger partial charge in [0.1, 0.15) is 52.6 Å². The molecule has 0 radical (unpaired) electrons. The van der Waals surface area contributed by atoms with E-state index in [9.17, 15) is 10.2 Å². The first-order valence-corrected chi connectivity index (χ1v) is 17.8. The van der Waals surface area contributed by atoms with Crippen molar-refractivity contribution < 1.29 is 77.9 Å². The van der Waals surface area contributed by atoms with Crippen LogP contribution in [0.3, 0.4) is 0 Å². The quantitative estimate of drug-likeness (QED) is 0.0954. The largest absolute Gasteiger partial charge is 0.845 e. The summed E-state index contributed by atoms with van der Waals surface area (Å²) >= 11 is 0. The van der Waals surface area contributed by atoms with Crippen molar-refractivity contribution in [1.29, 1.82) is 0 Å². The highest BCUT2D eigenvalue weighted by Crippen LogP contribution is 2.32. The molecule has 0 aromatic heterocycles. The molecule has 4 unspecified atom stereocenters. The molecule has 0 bridgehead atoms. The monoisotopic (exact) mass is 762 g/mol. The molecule has 2 aromatic carbocycles. The van der Waals surface area contributed by atoms with E-state index in [1.54, 1.807) is 0 Å². The van der Waals surface area contributed by atoms with Crippen LogP contribution in [-0.4, -0.2) is 150 Å². The number of para-hydroxylation sites is 4. The van der Waals surface area contributed by atoms with Gasteiger partial charge in [0.2, 0.25) is 0 Å². The number of morpholine rings is 2. The van der Waals surface area contributed by atoms with Crippen molar-refractivity contribution in [3.8, 4) is 23.0 Å². The van der Waals surface area contributed by atoms with E-state index in [2.05, 4.69) is 10.3 Å². The van der Waals surface area contributed by atoms with Gasteiger partial charge in [-0.3, -0.25) is 0 Å². The average Bonchev–Trinajstić information content (AvgIpc) is 3.18. The molecular formula is C36H50N4O14. The van der Waals surface area contributed by atoms with Gasteiger partial charge in [-0.05, 0) is 50.3 Å². The van der Waals surface area contributed by atoms with Crippen molar-refractivity contribution in [2.75, 3.05) is 92.1 Å². The Hall–Kier alpha value is -4.72. The summed E-state index contributed by atoms with van der Waals surface area (Å²) in [5.74, 6) is -0.794. The summed E-state index contributed by atoms with van der Waals surface area (Å²) < 4.78 is 33.5. The second-order valence-corrected chi connectivity index (χ2v) is 12.8. The first-order chi connectivity index (χ1) is 26.1.